The molecular formula is C16H17ClN2O5. The molecule has 1 aromatic heterocycles. The number of benzene rings is 1. The summed E-state index contributed by atoms with van der Waals surface area (Å²) in [5.74, 6) is -1.19. The van der Waals surface area contributed by atoms with Crippen LogP contribution in [-0.2, 0) is 24.8 Å². The molecule has 0 amide bonds. The molecule has 8 heteroatoms. The minimum Gasteiger partial charge on any atom is -0.469 e. The fraction of sp³-hybridized carbons (Fsp3) is 0.312. The lowest BCUT2D eigenvalue weighted by molar-refractivity contribution is -0.224. The average molecular weight is 353 g/mol. The summed E-state index contributed by atoms with van der Waals surface area (Å²) >= 11 is 5.84. The number of ether oxygens (including phenoxy) is 4. The zero-order valence-electron chi connectivity index (χ0n) is 13.5. The van der Waals surface area contributed by atoms with Crippen LogP contribution in [0.25, 0.3) is 0 Å². The number of para-hydroxylation sites is 1. The molecule has 0 N–H and O–H groups in total. The number of carbonyl (C=O) groups excluding carboxylic acids is 1. The molecule has 0 aliphatic carbocycles. The third-order valence-electron chi connectivity index (χ3n) is 3.38. The average Bonchev–Trinajstić information content (AvgIpc) is 2.60. The smallest absolute Gasteiger partial charge is 0.311 e. The maximum absolute atomic E-state index is 11.8. The highest BCUT2D eigenvalue weighted by Crippen LogP contribution is 2.38. The van der Waals surface area contributed by atoms with Gasteiger partial charge >= 0.3 is 5.97 Å². The number of halogens is 1. The van der Waals surface area contributed by atoms with Gasteiger partial charge in [0, 0.05) is 20.3 Å². The van der Waals surface area contributed by atoms with Crippen molar-refractivity contribution in [2.75, 3.05) is 21.3 Å². The van der Waals surface area contributed by atoms with Crippen molar-refractivity contribution in [3.05, 3.63) is 47.4 Å². The van der Waals surface area contributed by atoms with Gasteiger partial charge in [-0.1, -0.05) is 23.7 Å². The van der Waals surface area contributed by atoms with E-state index in [2.05, 4.69) is 9.97 Å². The third-order valence-corrected chi connectivity index (χ3v) is 3.59. The molecule has 0 saturated heterocycles. The summed E-state index contributed by atoms with van der Waals surface area (Å²) in [5, 5.41) is 0.247. The molecule has 128 valence electrons. The van der Waals surface area contributed by atoms with Gasteiger partial charge in [0.05, 0.1) is 12.7 Å². The first-order valence-electron chi connectivity index (χ1n) is 6.96. The first-order chi connectivity index (χ1) is 11.5. The monoisotopic (exact) mass is 352 g/mol. The number of hydrogen-bond donors (Lipinski definition) is 0. The fourth-order valence-corrected chi connectivity index (χ4v) is 2.30. The molecule has 0 radical (unpaired) electrons. The molecule has 1 heterocycles. The number of hydrogen-bond acceptors (Lipinski definition) is 7. The Morgan fingerprint density at radius 2 is 1.88 bits per heavy atom. The molecule has 0 unspecified atom stereocenters. The van der Waals surface area contributed by atoms with Crippen molar-refractivity contribution in [1.29, 1.82) is 0 Å². The van der Waals surface area contributed by atoms with E-state index in [1.165, 1.54) is 33.7 Å². The second kappa shape index (κ2) is 8.05. The summed E-state index contributed by atoms with van der Waals surface area (Å²) < 4.78 is 21.5. The van der Waals surface area contributed by atoms with Gasteiger partial charge in [-0.15, -0.1) is 0 Å². The molecule has 1 aromatic carbocycles. The Balaban J connectivity index is 2.43. The van der Waals surface area contributed by atoms with Gasteiger partial charge in [-0.25, -0.2) is 9.97 Å². The molecule has 0 aliphatic heterocycles. The minimum absolute atomic E-state index is 0.151. The minimum atomic E-state index is -1.36. The van der Waals surface area contributed by atoms with E-state index >= 15 is 0 Å². The fourth-order valence-electron chi connectivity index (χ4n) is 2.16. The van der Waals surface area contributed by atoms with Gasteiger partial charge in [0.15, 0.2) is 0 Å². The molecule has 0 saturated carbocycles. The van der Waals surface area contributed by atoms with Crippen molar-refractivity contribution >= 4 is 17.6 Å². The van der Waals surface area contributed by atoms with Crippen LogP contribution in [0.4, 0.5) is 0 Å². The summed E-state index contributed by atoms with van der Waals surface area (Å²) in [7, 11) is 4.17. The third kappa shape index (κ3) is 4.00. The number of carbonyl (C=O) groups is 1. The summed E-state index contributed by atoms with van der Waals surface area (Å²) in [6, 6.07) is 8.46. The number of nitrogens with zero attached hydrogens (tertiary/aromatic N) is 2. The van der Waals surface area contributed by atoms with Crippen LogP contribution in [0, 0.1) is 0 Å². The van der Waals surface area contributed by atoms with Crippen molar-refractivity contribution in [2.45, 2.75) is 12.2 Å². The second-order valence-electron chi connectivity index (χ2n) is 4.69. The van der Waals surface area contributed by atoms with E-state index in [4.69, 9.17) is 30.5 Å². The Bertz CT molecular complexity index is 706. The lowest BCUT2D eigenvalue weighted by atomic mass is 10.0. The number of aromatic nitrogens is 2. The first kappa shape index (κ1) is 18.1. The number of rotatable bonds is 7. The van der Waals surface area contributed by atoms with Crippen molar-refractivity contribution < 1.29 is 23.7 Å². The molecule has 7 nitrogen and oxygen atoms in total. The van der Waals surface area contributed by atoms with Crippen molar-refractivity contribution in [3.63, 3.8) is 0 Å². The van der Waals surface area contributed by atoms with E-state index in [1.54, 1.807) is 24.3 Å². The largest absolute Gasteiger partial charge is 0.469 e. The molecular weight excluding hydrogens is 336 g/mol. The lowest BCUT2D eigenvalue weighted by Gasteiger charge is -2.31. The SMILES string of the molecule is COC(=O)CC(OC)(OC)c1ccccc1Oc1cc(Cl)ncn1. The Hall–Kier alpha value is -2.22. The van der Waals surface area contributed by atoms with E-state index in [1.807, 2.05) is 0 Å². The zero-order valence-corrected chi connectivity index (χ0v) is 14.2. The predicted molar refractivity (Wildman–Crippen MR) is 85.9 cm³/mol. The van der Waals surface area contributed by atoms with E-state index in [0.717, 1.165) is 0 Å². The van der Waals surface area contributed by atoms with Gasteiger partial charge in [-0.05, 0) is 12.1 Å². The molecule has 0 atom stereocenters. The second-order valence-corrected chi connectivity index (χ2v) is 5.08. The molecule has 0 fully saturated rings. The lowest BCUT2D eigenvalue weighted by Crippen LogP contribution is -2.34. The van der Waals surface area contributed by atoms with Crippen LogP contribution in [0.1, 0.15) is 12.0 Å². The molecule has 0 bridgehead atoms. The standard InChI is InChI=1S/C16H17ClN2O5/c1-21-15(20)9-16(22-2,23-3)11-6-4-5-7-12(11)24-14-8-13(17)18-10-19-14/h4-8,10H,9H2,1-3H3. The van der Waals surface area contributed by atoms with E-state index < -0.39 is 11.8 Å². The van der Waals surface area contributed by atoms with Crippen molar-refractivity contribution in [1.82, 2.24) is 9.97 Å². The van der Waals surface area contributed by atoms with Crippen LogP contribution in [-0.4, -0.2) is 37.3 Å². The van der Waals surface area contributed by atoms with Crippen LogP contribution in [0.3, 0.4) is 0 Å². The van der Waals surface area contributed by atoms with Gasteiger partial charge in [0.25, 0.3) is 0 Å². The van der Waals surface area contributed by atoms with Crippen LogP contribution < -0.4 is 4.74 Å². The van der Waals surface area contributed by atoms with Gasteiger partial charge in [0.1, 0.15) is 23.7 Å². The summed E-state index contributed by atoms with van der Waals surface area (Å²) in [6.45, 7) is 0. The topological polar surface area (TPSA) is 79.8 Å². The summed E-state index contributed by atoms with van der Waals surface area (Å²) in [4.78, 5) is 19.6. The quantitative estimate of drug-likeness (QED) is 0.430. The van der Waals surface area contributed by atoms with Gasteiger partial charge in [-0.2, -0.15) is 0 Å². The summed E-state index contributed by atoms with van der Waals surface area (Å²) in [5.41, 5.74) is 0.509. The van der Waals surface area contributed by atoms with Crippen LogP contribution >= 0.6 is 11.6 Å². The number of esters is 1. The van der Waals surface area contributed by atoms with Gasteiger partial charge in [-0.3, -0.25) is 4.79 Å². The van der Waals surface area contributed by atoms with Crippen molar-refractivity contribution in [2.24, 2.45) is 0 Å². The molecule has 0 aliphatic rings. The Morgan fingerprint density at radius 1 is 1.17 bits per heavy atom. The van der Waals surface area contributed by atoms with Crippen molar-refractivity contribution in [3.8, 4) is 11.6 Å². The highest BCUT2D eigenvalue weighted by Gasteiger charge is 2.38. The Kier molecular flexibility index (Phi) is 6.08. The van der Waals surface area contributed by atoms with Crippen LogP contribution in [0.5, 0.6) is 11.6 Å². The normalized spacial score (nSPS) is 11.2. The highest BCUT2D eigenvalue weighted by molar-refractivity contribution is 6.29. The molecule has 0 spiro atoms. The maximum Gasteiger partial charge on any atom is 0.311 e. The number of methoxy groups -OCH3 is 3. The predicted octanol–water partition coefficient (Wildman–Crippen LogP) is 2.93. The molecule has 2 aromatic rings. The van der Waals surface area contributed by atoms with Crippen LogP contribution in [0.15, 0.2) is 36.7 Å². The van der Waals surface area contributed by atoms with Gasteiger partial charge < -0.3 is 18.9 Å². The summed E-state index contributed by atoms with van der Waals surface area (Å²) in [6.07, 6.45) is 1.13. The Morgan fingerprint density at radius 3 is 2.50 bits per heavy atom. The zero-order chi connectivity index (χ0) is 17.6. The first-order valence-corrected chi connectivity index (χ1v) is 7.34. The van der Waals surface area contributed by atoms with Gasteiger partial charge in [0.2, 0.25) is 11.7 Å². The molecule has 24 heavy (non-hydrogen) atoms. The van der Waals surface area contributed by atoms with E-state index in [-0.39, 0.29) is 17.5 Å². The Labute approximate surface area is 144 Å². The van der Waals surface area contributed by atoms with E-state index in [0.29, 0.717) is 11.3 Å². The van der Waals surface area contributed by atoms with E-state index in [9.17, 15) is 4.79 Å². The van der Waals surface area contributed by atoms with Crippen LogP contribution in [0.2, 0.25) is 5.15 Å². The molecule has 2 rings (SSSR count). The maximum atomic E-state index is 11.8. The highest BCUT2D eigenvalue weighted by atomic mass is 35.5.